The third-order valence-electron chi connectivity index (χ3n) is 20.2. The molecule has 0 saturated carbocycles. The summed E-state index contributed by atoms with van der Waals surface area (Å²) in [7, 11) is 0. The highest BCUT2D eigenvalue weighted by atomic mass is 35.5. The number of carboxylic acids is 1. The van der Waals surface area contributed by atoms with Gasteiger partial charge in [-0.25, -0.2) is 0 Å². The molecular formula is C85H109ClN18O17. The van der Waals surface area contributed by atoms with E-state index in [4.69, 9.17) is 33.2 Å². The van der Waals surface area contributed by atoms with Crippen molar-refractivity contribution in [1.29, 1.82) is 5.41 Å². The summed E-state index contributed by atoms with van der Waals surface area (Å²) in [6, 6.07) is 26.4. The zero-order chi connectivity index (χ0) is 87.8. The van der Waals surface area contributed by atoms with Crippen LogP contribution in [0.5, 0.6) is 0 Å². The van der Waals surface area contributed by atoms with Crippen molar-refractivity contribution < 1.29 is 82.1 Å². The topological polar surface area (TPSA) is 519 Å². The van der Waals surface area contributed by atoms with Crippen molar-refractivity contribution in [2.75, 3.05) is 46.0 Å². The van der Waals surface area contributed by atoms with Crippen LogP contribution in [0.15, 0.2) is 146 Å². The molecular weight excluding hydrogens is 1580 g/mol. The minimum Gasteiger partial charge on any atom is -0.481 e. The first-order valence-corrected chi connectivity index (χ1v) is 40.4. The second-order valence-corrected chi connectivity index (χ2v) is 30.9. The maximum Gasteiger partial charge on any atom is 0.312 e. The van der Waals surface area contributed by atoms with Gasteiger partial charge in [-0.05, 0) is 107 Å². The number of hydrogen-bond acceptors (Lipinski definition) is 19. The number of guanidine groups is 1. The van der Waals surface area contributed by atoms with Crippen LogP contribution in [0.4, 0.5) is 0 Å². The number of aliphatic carboxylic acids is 1. The highest BCUT2D eigenvalue weighted by molar-refractivity contribution is 6.30. The molecule has 0 spiro atoms. The fourth-order valence-corrected chi connectivity index (χ4v) is 14.1. The molecule has 2 aliphatic rings. The van der Waals surface area contributed by atoms with Crippen LogP contribution in [0, 0.1) is 11.3 Å². The lowest BCUT2D eigenvalue weighted by Gasteiger charge is -2.31. The molecule has 2 saturated heterocycles. The smallest absolute Gasteiger partial charge is 0.312 e. The Morgan fingerprint density at radius 1 is 0.529 bits per heavy atom. The van der Waals surface area contributed by atoms with Crippen LogP contribution in [0.1, 0.15) is 112 Å². The Kier molecular flexibility index (Phi) is 36.4. The van der Waals surface area contributed by atoms with E-state index < -0.39 is 156 Å². The van der Waals surface area contributed by atoms with E-state index in [1.165, 1.54) is 30.8 Å². The zero-order valence-corrected chi connectivity index (χ0v) is 69.0. The monoisotopic (exact) mass is 1690 g/mol. The Morgan fingerprint density at radius 3 is 1.50 bits per heavy atom. The molecule has 648 valence electrons. The number of carboxylic acid groups (broad SMARTS) is 1. The number of carbonyl (C=O) groups excluding carboxylic acids is 13. The second kappa shape index (κ2) is 46.8. The first kappa shape index (κ1) is 94.0. The molecule has 121 heavy (non-hydrogen) atoms. The van der Waals surface area contributed by atoms with E-state index in [2.05, 4.69) is 68.9 Å². The number of aliphatic hydroxyl groups is 1. The predicted octanol–water partition coefficient (Wildman–Crippen LogP) is 0.379. The van der Waals surface area contributed by atoms with Crippen LogP contribution in [0.3, 0.4) is 0 Å². The lowest BCUT2D eigenvalue weighted by atomic mass is 9.97. The van der Waals surface area contributed by atoms with Gasteiger partial charge in [0.15, 0.2) is 5.96 Å². The highest BCUT2D eigenvalue weighted by Crippen LogP contribution is 2.24. The van der Waals surface area contributed by atoms with Crippen molar-refractivity contribution in [1.82, 2.24) is 78.9 Å². The first-order valence-electron chi connectivity index (χ1n) is 40.0. The Hall–Kier alpha value is -12.4. The van der Waals surface area contributed by atoms with Gasteiger partial charge in [0.2, 0.25) is 76.8 Å². The van der Waals surface area contributed by atoms with Crippen molar-refractivity contribution in [2.24, 2.45) is 17.4 Å². The molecule has 2 heterocycles. The summed E-state index contributed by atoms with van der Waals surface area (Å²) in [5.74, 6) is -13.0. The number of aliphatic hydroxyl groups excluding tert-OH is 1. The van der Waals surface area contributed by atoms with Gasteiger partial charge in [0, 0.05) is 83.7 Å². The normalized spacial score (nSPS) is 15.5. The molecule has 2 aliphatic heterocycles. The summed E-state index contributed by atoms with van der Waals surface area (Å²) in [6.45, 7) is 9.48. The van der Waals surface area contributed by atoms with Gasteiger partial charge in [-0.1, -0.05) is 159 Å². The molecule has 0 unspecified atom stereocenters. The Bertz CT molecular complexity index is 4600. The van der Waals surface area contributed by atoms with Gasteiger partial charge >= 0.3 is 5.97 Å². The summed E-state index contributed by atoms with van der Waals surface area (Å²) < 4.78 is 5.56. The Labute approximate surface area is 705 Å². The van der Waals surface area contributed by atoms with Gasteiger partial charge in [0.1, 0.15) is 66.8 Å². The number of likely N-dealkylation sites (tertiary alicyclic amines) is 1. The van der Waals surface area contributed by atoms with Gasteiger partial charge in [-0.3, -0.25) is 88.3 Å². The van der Waals surface area contributed by atoms with E-state index >= 15 is 24.0 Å². The molecule has 0 bridgehead atoms. The van der Waals surface area contributed by atoms with E-state index in [1.54, 1.807) is 123 Å². The highest BCUT2D eigenvalue weighted by Gasteiger charge is 2.41. The number of hydrazine groups is 2. The summed E-state index contributed by atoms with van der Waals surface area (Å²) in [6.07, 6.45) is -1.57. The fourth-order valence-electron chi connectivity index (χ4n) is 14.0. The van der Waals surface area contributed by atoms with E-state index in [1.807, 2.05) is 36.4 Å². The number of carbonyl (C=O) groups is 14. The minimum absolute atomic E-state index is 0.0429. The van der Waals surface area contributed by atoms with Crippen LogP contribution in [0.2, 0.25) is 5.02 Å². The molecule has 8 rings (SSSR count). The van der Waals surface area contributed by atoms with Crippen LogP contribution in [0.25, 0.3) is 10.8 Å². The number of halogens is 1. The SMILES string of the molecule is CC(=O)NN(Cc1ccc(C[C@@H](NC(=O)[C@H](Cc2ccc(CN3CCOCC3)cc2)NC(=O)[C@H](CO)NC(=O)[C@@H](Cc2ccccc2)NC(=O)[C@@H](Cc2ccc(Cl)cc2)NC(=O)[C@@H](Cc2cccc3ccccc23)NC(=O)CC(=O)O)C(=O)N[C@@H](CC(C)C)C(=O)N[C@@H](CCCNC(=N)N)C(=O)N2CCC[C@H]2C(=O)N[C@H](C)C(N)=O)cc1)NC(C)=O. The van der Waals surface area contributed by atoms with Gasteiger partial charge in [-0.15, -0.1) is 5.12 Å². The third-order valence-corrected chi connectivity index (χ3v) is 20.4. The number of fused-ring (bicyclic) bond motifs is 1. The molecule has 0 aromatic heterocycles. The lowest BCUT2D eigenvalue weighted by molar-refractivity contribution is -0.142. The first-order chi connectivity index (χ1) is 57.8. The molecule has 13 amide bonds. The molecule has 6 aromatic rings. The largest absolute Gasteiger partial charge is 0.481 e. The van der Waals surface area contributed by atoms with Crippen LogP contribution in [-0.2, 0) is 117 Å². The average Bonchev–Trinajstić information content (AvgIpc) is 1.80. The summed E-state index contributed by atoms with van der Waals surface area (Å²) in [5.41, 5.74) is 20.0. The molecule has 19 N–H and O–H groups in total. The number of nitrogens with one attached hydrogen (secondary N) is 13. The molecule has 6 aromatic carbocycles. The van der Waals surface area contributed by atoms with E-state index in [9.17, 15) is 53.4 Å². The van der Waals surface area contributed by atoms with Crippen molar-refractivity contribution >= 4 is 111 Å². The van der Waals surface area contributed by atoms with Gasteiger partial charge in [0.05, 0.1) is 26.4 Å². The number of hydrogen-bond donors (Lipinski definition) is 17. The van der Waals surface area contributed by atoms with Crippen molar-refractivity contribution in [3.8, 4) is 0 Å². The molecule has 2 fully saturated rings. The minimum atomic E-state index is -1.89. The number of benzene rings is 6. The Balaban J connectivity index is 1.12. The summed E-state index contributed by atoms with van der Waals surface area (Å²) in [5, 5.41) is 58.5. The third kappa shape index (κ3) is 30.7. The van der Waals surface area contributed by atoms with Crippen molar-refractivity contribution in [3.05, 3.63) is 190 Å². The molecule has 10 atom stereocenters. The average molecular weight is 1690 g/mol. The number of nitrogens with zero attached hydrogens (tertiary/aromatic N) is 3. The van der Waals surface area contributed by atoms with Crippen molar-refractivity contribution in [3.63, 3.8) is 0 Å². The van der Waals surface area contributed by atoms with E-state index in [-0.39, 0.29) is 89.3 Å². The number of nitrogens with two attached hydrogens (primary N) is 2. The number of primary amides is 1. The van der Waals surface area contributed by atoms with Crippen LogP contribution < -0.4 is 75.5 Å². The summed E-state index contributed by atoms with van der Waals surface area (Å²) in [4.78, 5) is 199. The lowest BCUT2D eigenvalue weighted by Crippen LogP contribution is -2.62. The second-order valence-electron chi connectivity index (χ2n) is 30.5. The number of amides is 13. The molecule has 35 nitrogen and oxygen atoms in total. The maximum absolute atomic E-state index is 15.6. The van der Waals surface area contributed by atoms with Crippen molar-refractivity contribution in [2.45, 2.75) is 179 Å². The Morgan fingerprint density at radius 2 is 0.983 bits per heavy atom. The molecule has 36 heteroatoms. The van der Waals surface area contributed by atoms with Gasteiger partial charge < -0.3 is 84.5 Å². The van der Waals surface area contributed by atoms with E-state index in [0.29, 0.717) is 77.7 Å². The molecule has 0 radical (unpaired) electrons. The van der Waals surface area contributed by atoms with Gasteiger partial charge in [-0.2, -0.15) is 0 Å². The zero-order valence-electron chi connectivity index (χ0n) is 68.2. The fraction of sp³-hybridized carbons (Fsp3) is 0.424. The number of rotatable bonds is 44. The molecule has 0 aliphatic carbocycles. The number of ether oxygens (including phenoxy) is 1. The predicted molar refractivity (Wildman–Crippen MR) is 447 cm³/mol. The standard InChI is InChI=1S/C85H109ClN18O17/c1-50(2)40-65(76(112)93-64(20-12-34-90-85(88)89)84(120)103-35-13-21-72(103)83(119)91-51(3)75(87)111)94-77(113)67(42-56-24-28-59(29-25-56)48-104(100-52(4)106)101-53(5)107)96-79(115)69(43-55-22-26-58(27-23-55)47-102-36-38-121-39-37-102)98-82(118)71(49-105)99-80(116)66(41-54-14-7-6-8-15-54)95-78(114)68(44-57-30-32-62(86)33-31-57)97-81(117)70(92-73(108)46-74(109)110)45-61-18-11-17-60-16-9-10-19-63(60)61/h6-11,14-19,22-33,50-51,64-72,105H,12-13,20-21,34-49H2,1-5H3,(H2,87,111)(H,91,119)(H,92,108)(H,93,112)(H,94,113)(H,95,114)(H,96,115)(H,97,117)(H,98,118)(H,99,116)(H,100,106)(H,101,107)(H,109,110)(H4,88,89,90)/t51-,64+,65+,66-,67-,68-,69+,70-,71+,72+/m1/s1. The van der Waals surface area contributed by atoms with Crippen LogP contribution in [-0.4, -0.2) is 220 Å². The van der Waals surface area contributed by atoms with Crippen LogP contribution >= 0.6 is 11.6 Å². The maximum atomic E-state index is 15.6. The van der Waals surface area contributed by atoms with E-state index in [0.717, 1.165) is 16.3 Å². The number of morpholine rings is 1. The summed E-state index contributed by atoms with van der Waals surface area (Å²) >= 11 is 6.29. The quantitative estimate of drug-likeness (QED) is 0.00808. The van der Waals surface area contributed by atoms with Gasteiger partial charge in [0.25, 0.3) is 0 Å².